The minimum absolute atomic E-state index is 0.0199. The lowest BCUT2D eigenvalue weighted by Gasteiger charge is -2.31. The van der Waals surface area contributed by atoms with E-state index in [9.17, 15) is 9.90 Å². The third-order valence-electron chi connectivity index (χ3n) is 3.25. The zero-order chi connectivity index (χ0) is 13.1. The van der Waals surface area contributed by atoms with Crippen LogP contribution < -0.4 is 0 Å². The molecule has 0 unspecified atom stereocenters. The van der Waals surface area contributed by atoms with Crippen LogP contribution in [0, 0.1) is 0 Å². The molecule has 1 aliphatic heterocycles. The molecule has 1 rings (SSSR count). The lowest BCUT2D eigenvalue weighted by molar-refractivity contribution is -0.129. The van der Waals surface area contributed by atoms with Gasteiger partial charge in [0, 0.05) is 5.54 Å². The molecule has 98 valence electrons. The van der Waals surface area contributed by atoms with Crippen LogP contribution in [0.1, 0.15) is 59.8 Å². The lowest BCUT2D eigenvalue weighted by atomic mass is 10.0. The van der Waals surface area contributed by atoms with Crippen molar-refractivity contribution in [3.63, 3.8) is 0 Å². The summed E-state index contributed by atoms with van der Waals surface area (Å²) in [6.07, 6.45) is 5.24. The lowest BCUT2D eigenvalue weighted by Crippen LogP contribution is -2.43. The summed E-state index contributed by atoms with van der Waals surface area (Å²) in [7, 11) is 0. The Kier molecular flexibility index (Phi) is 4.61. The van der Waals surface area contributed by atoms with Crippen LogP contribution in [0.15, 0.2) is 11.3 Å². The molecule has 3 heteroatoms. The Morgan fingerprint density at radius 2 is 1.88 bits per heavy atom. The van der Waals surface area contributed by atoms with E-state index in [0.29, 0.717) is 12.1 Å². The van der Waals surface area contributed by atoms with Gasteiger partial charge in [-0.1, -0.05) is 26.2 Å². The van der Waals surface area contributed by atoms with Crippen LogP contribution in [-0.4, -0.2) is 28.0 Å². The first-order valence-corrected chi connectivity index (χ1v) is 6.61. The minimum atomic E-state index is -0.212. The molecule has 0 atom stereocenters. The molecule has 17 heavy (non-hydrogen) atoms. The van der Waals surface area contributed by atoms with E-state index in [4.69, 9.17) is 0 Å². The maximum atomic E-state index is 12.1. The average molecular weight is 239 g/mol. The molecular formula is C14H25NO2. The number of aliphatic hydroxyl groups is 1. The van der Waals surface area contributed by atoms with Crippen LogP contribution in [0.4, 0.5) is 0 Å². The summed E-state index contributed by atoms with van der Waals surface area (Å²) in [6, 6.07) is 0. The second-order valence-electron chi connectivity index (χ2n) is 5.80. The number of rotatable bonds is 5. The van der Waals surface area contributed by atoms with Crippen LogP contribution >= 0.6 is 0 Å². The summed E-state index contributed by atoms with van der Waals surface area (Å²) in [4.78, 5) is 13.9. The number of carbonyl (C=O) groups excluding carboxylic acids is 1. The van der Waals surface area contributed by atoms with E-state index in [0.717, 1.165) is 19.3 Å². The Hall–Kier alpha value is -0.990. The summed E-state index contributed by atoms with van der Waals surface area (Å²) in [6.45, 7) is 8.54. The van der Waals surface area contributed by atoms with Gasteiger partial charge < -0.3 is 10.0 Å². The summed E-state index contributed by atoms with van der Waals surface area (Å²) in [5, 5.41) is 9.87. The van der Waals surface area contributed by atoms with Gasteiger partial charge in [0.15, 0.2) is 0 Å². The van der Waals surface area contributed by atoms with Crippen molar-refractivity contribution in [2.75, 3.05) is 6.54 Å². The largest absolute Gasteiger partial charge is 0.510 e. The molecule has 0 saturated carbocycles. The Bertz CT molecular complexity index is 313. The molecule has 1 heterocycles. The zero-order valence-electron chi connectivity index (χ0n) is 11.5. The fourth-order valence-corrected chi connectivity index (χ4v) is 2.12. The van der Waals surface area contributed by atoms with E-state index >= 15 is 0 Å². The van der Waals surface area contributed by atoms with Gasteiger partial charge in [0.05, 0.1) is 12.1 Å². The first-order valence-electron chi connectivity index (χ1n) is 6.61. The van der Waals surface area contributed by atoms with Gasteiger partial charge in [-0.25, -0.2) is 0 Å². The summed E-state index contributed by atoms with van der Waals surface area (Å²) >= 11 is 0. The number of amides is 1. The van der Waals surface area contributed by atoms with Crippen molar-refractivity contribution in [2.45, 2.75) is 65.3 Å². The fraction of sp³-hybridized carbons (Fsp3) is 0.786. The molecular weight excluding hydrogens is 214 g/mol. The SMILES string of the molecule is CCCCCCC1=C(O)CN(C(C)(C)C)C1=O. The Labute approximate surface area is 105 Å². The molecule has 0 aliphatic carbocycles. The van der Waals surface area contributed by atoms with Gasteiger partial charge in [0.25, 0.3) is 5.91 Å². The smallest absolute Gasteiger partial charge is 0.254 e. The maximum Gasteiger partial charge on any atom is 0.254 e. The van der Waals surface area contributed by atoms with E-state index < -0.39 is 0 Å². The molecule has 0 spiro atoms. The summed E-state index contributed by atoms with van der Waals surface area (Å²) in [5.74, 6) is 0.299. The molecule has 1 aliphatic rings. The van der Waals surface area contributed by atoms with Crippen molar-refractivity contribution in [3.8, 4) is 0 Å². The van der Waals surface area contributed by atoms with Crippen LogP contribution in [-0.2, 0) is 4.79 Å². The van der Waals surface area contributed by atoms with Gasteiger partial charge in [-0.2, -0.15) is 0 Å². The minimum Gasteiger partial charge on any atom is -0.510 e. The van der Waals surface area contributed by atoms with E-state index in [1.807, 2.05) is 20.8 Å². The van der Waals surface area contributed by atoms with Crippen LogP contribution in [0.2, 0.25) is 0 Å². The predicted octanol–water partition coefficient (Wildman–Crippen LogP) is 3.41. The zero-order valence-corrected chi connectivity index (χ0v) is 11.5. The molecule has 1 amide bonds. The number of unbranched alkanes of at least 4 members (excludes halogenated alkanes) is 3. The molecule has 0 aromatic rings. The second kappa shape index (κ2) is 5.56. The highest BCUT2D eigenvalue weighted by molar-refractivity contribution is 5.97. The van der Waals surface area contributed by atoms with Crippen LogP contribution in [0.5, 0.6) is 0 Å². The number of nitrogens with zero attached hydrogens (tertiary/aromatic N) is 1. The Morgan fingerprint density at radius 3 is 2.35 bits per heavy atom. The first-order chi connectivity index (χ1) is 7.88. The van der Waals surface area contributed by atoms with E-state index in [2.05, 4.69) is 6.92 Å². The Balaban J connectivity index is 2.56. The van der Waals surface area contributed by atoms with Gasteiger partial charge >= 0.3 is 0 Å². The molecule has 0 aromatic carbocycles. The average Bonchev–Trinajstić information content (AvgIpc) is 2.50. The van der Waals surface area contributed by atoms with Crippen LogP contribution in [0.25, 0.3) is 0 Å². The highest BCUT2D eigenvalue weighted by atomic mass is 16.3. The fourth-order valence-electron chi connectivity index (χ4n) is 2.12. The van der Waals surface area contributed by atoms with Crippen LogP contribution in [0.3, 0.4) is 0 Å². The van der Waals surface area contributed by atoms with Gasteiger partial charge in [-0.3, -0.25) is 4.79 Å². The highest BCUT2D eigenvalue weighted by Crippen LogP contribution is 2.28. The molecule has 0 fully saturated rings. The van der Waals surface area contributed by atoms with E-state index in [1.165, 1.54) is 12.8 Å². The van der Waals surface area contributed by atoms with Crippen molar-refractivity contribution in [2.24, 2.45) is 0 Å². The number of aliphatic hydroxyl groups excluding tert-OH is 1. The quantitative estimate of drug-likeness (QED) is 0.747. The molecule has 0 saturated heterocycles. The predicted molar refractivity (Wildman–Crippen MR) is 69.9 cm³/mol. The molecule has 1 N–H and O–H groups in total. The second-order valence-corrected chi connectivity index (χ2v) is 5.80. The van der Waals surface area contributed by atoms with Crippen molar-refractivity contribution in [1.82, 2.24) is 4.90 Å². The maximum absolute atomic E-state index is 12.1. The van der Waals surface area contributed by atoms with E-state index in [-0.39, 0.29) is 17.2 Å². The first kappa shape index (κ1) is 14.1. The van der Waals surface area contributed by atoms with Gasteiger partial charge in [0.2, 0.25) is 0 Å². The monoisotopic (exact) mass is 239 g/mol. The summed E-state index contributed by atoms with van der Waals surface area (Å²) in [5.41, 5.74) is 0.423. The number of hydrogen-bond donors (Lipinski definition) is 1. The standard InChI is InChI=1S/C14H25NO2/c1-5-6-7-8-9-11-12(16)10-15(13(11)17)14(2,3)4/h16H,5-10H2,1-4H3. The summed E-state index contributed by atoms with van der Waals surface area (Å²) < 4.78 is 0. The molecule has 0 bridgehead atoms. The third-order valence-corrected chi connectivity index (χ3v) is 3.25. The van der Waals surface area contributed by atoms with Gasteiger partial charge in [-0.05, 0) is 33.6 Å². The van der Waals surface area contributed by atoms with Crippen molar-refractivity contribution in [1.29, 1.82) is 0 Å². The van der Waals surface area contributed by atoms with Gasteiger partial charge in [0.1, 0.15) is 5.76 Å². The third kappa shape index (κ3) is 3.48. The topological polar surface area (TPSA) is 40.5 Å². The van der Waals surface area contributed by atoms with Gasteiger partial charge in [-0.15, -0.1) is 0 Å². The van der Waals surface area contributed by atoms with E-state index in [1.54, 1.807) is 4.90 Å². The normalized spacial score (nSPS) is 17.2. The highest BCUT2D eigenvalue weighted by Gasteiger charge is 2.36. The van der Waals surface area contributed by atoms with Crippen molar-refractivity contribution < 1.29 is 9.90 Å². The number of hydrogen-bond acceptors (Lipinski definition) is 2. The molecule has 3 nitrogen and oxygen atoms in total. The Morgan fingerprint density at radius 1 is 1.24 bits per heavy atom. The molecule has 0 radical (unpaired) electrons. The van der Waals surface area contributed by atoms with Crippen molar-refractivity contribution in [3.05, 3.63) is 11.3 Å². The molecule has 0 aromatic heterocycles. The number of carbonyl (C=O) groups is 1. The van der Waals surface area contributed by atoms with Crippen molar-refractivity contribution >= 4 is 5.91 Å².